The van der Waals surface area contributed by atoms with Gasteiger partial charge in [0, 0.05) is 6.54 Å². The molecule has 0 aromatic carbocycles. The molecular formula is C10H13IN2O3. The van der Waals surface area contributed by atoms with Gasteiger partial charge >= 0.3 is 5.97 Å². The van der Waals surface area contributed by atoms with E-state index in [-0.39, 0.29) is 5.97 Å². The normalized spacial score (nSPS) is 14.9. The van der Waals surface area contributed by atoms with E-state index >= 15 is 0 Å². The number of fused-ring (bicyclic) bond motifs is 1. The van der Waals surface area contributed by atoms with Gasteiger partial charge in [-0.1, -0.05) is 0 Å². The molecule has 0 saturated heterocycles. The quantitative estimate of drug-likeness (QED) is 0.611. The average Bonchev–Trinajstić information content (AvgIpc) is 2.47. The second-order valence-corrected chi connectivity index (χ2v) is 4.55. The third-order valence-electron chi connectivity index (χ3n) is 2.32. The Morgan fingerprint density at radius 3 is 3.19 bits per heavy atom. The van der Waals surface area contributed by atoms with Crippen molar-refractivity contribution in [1.82, 2.24) is 9.78 Å². The van der Waals surface area contributed by atoms with Crippen molar-refractivity contribution < 1.29 is 14.3 Å². The molecule has 0 radical (unpaired) electrons. The standard InChI is InChI=1S/C10H13IN2O3/c1-2-15-10(14)8-7(11)9-13(12-8)5-3-4-6-16-9/h2-6H2,1H3. The van der Waals surface area contributed by atoms with Crippen molar-refractivity contribution in [2.75, 3.05) is 13.2 Å². The zero-order chi connectivity index (χ0) is 11.5. The van der Waals surface area contributed by atoms with Gasteiger partial charge in [-0.3, -0.25) is 0 Å². The number of hydrogen-bond acceptors (Lipinski definition) is 4. The molecule has 2 rings (SSSR count). The molecule has 0 fully saturated rings. The molecule has 0 amide bonds. The van der Waals surface area contributed by atoms with E-state index in [2.05, 4.69) is 27.7 Å². The minimum atomic E-state index is -0.379. The van der Waals surface area contributed by atoms with E-state index in [1.165, 1.54) is 0 Å². The van der Waals surface area contributed by atoms with Crippen molar-refractivity contribution in [2.45, 2.75) is 26.3 Å². The molecule has 6 heteroatoms. The lowest BCUT2D eigenvalue weighted by Gasteiger charge is -2.02. The summed E-state index contributed by atoms with van der Waals surface area (Å²) in [6.07, 6.45) is 2.04. The average molecular weight is 336 g/mol. The Balaban J connectivity index is 2.31. The molecule has 2 heterocycles. The Hall–Kier alpha value is -0.790. The molecule has 0 aliphatic carbocycles. The number of halogens is 1. The molecule has 0 saturated carbocycles. The van der Waals surface area contributed by atoms with E-state index in [4.69, 9.17) is 9.47 Å². The van der Waals surface area contributed by atoms with Crippen molar-refractivity contribution in [3.05, 3.63) is 9.26 Å². The maximum atomic E-state index is 11.6. The molecule has 0 bridgehead atoms. The van der Waals surface area contributed by atoms with E-state index in [0.717, 1.165) is 23.0 Å². The highest BCUT2D eigenvalue weighted by molar-refractivity contribution is 14.1. The van der Waals surface area contributed by atoms with E-state index < -0.39 is 0 Å². The summed E-state index contributed by atoms with van der Waals surface area (Å²) in [5.41, 5.74) is 0.361. The number of esters is 1. The number of hydrogen-bond donors (Lipinski definition) is 0. The number of ether oxygens (including phenoxy) is 2. The summed E-state index contributed by atoms with van der Waals surface area (Å²) < 4.78 is 13.0. The van der Waals surface area contributed by atoms with Gasteiger partial charge in [-0.25, -0.2) is 9.48 Å². The molecule has 1 aliphatic heterocycles. The Morgan fingerprint density at radius 2 is 2.44 bits per heavy atom. The summed E-state index contributed by atoms with van der Waals surface area (Å²) in [7, 11) is 0. The zero-order valence-electron chi connectivity index (χ0n) is 9.03. The molecule has 5 nitrogen and oxygen atoms in total. The fraction of sp³-hybridized carbons (Fsp3) is 0.600. The molecule has 1 aromatic rings. The van der Waals surface area contributed by atoms with Crippen LogP contribution in [0.5, 0.6) is 5.88 Å². The fourth-order valence-electron chi connectivity index (χ4n) is 1.58. The topological polar surface area (TPSA) is 53.3 Å². The van der Waals surface area contributed by atoms with E-state index in [1.807, 2.05) is 0 Å². The second-order valence-electron chi connectivity index (χ2n) is 3.47. The largest absolute Gasteiger partial charge is 0.477 e. The van der Waals surface area contributed by atoms with E-state index in [9.17, 15) is 4.79 Å². The fourth-order valence-corrected chi connectivity index (χ4v) is 2.34. The molecule has 1 aromatic heterocycles. The summed E-state index contributed by atoms with van der Waals surface area (Å²) in [5, 5.41) is 4.24. The number of carbonyl (C=O) groups is 1. The van der Waals surface area contributed by atoms with Crippen LogP contribution in [0, 0.1) is 3.57 Å². The lowest BCUT2D eigenvalue weighted by molar-refractivity contribution is 0.0517. The van der Waals surface area contributed by atoms with Crippen LogP contribution < -0.4 is 4.74 Å². The molecule has 0 N–H and O–H groups in total. The number of carbonyl (C=O) groups excluding carboxylic acids is 1. The first-order valence-corrected chi connectivity index (χ1v) is 6.38. The highest BCUT2D eigenvalue weighted by Gasteiger charge is 2.24. The van der Waals surface area contributed by atoms with Crippen LogP contribution in [0.15, 0.2) is 0 Å². The van der Waals surface area contributed by atoms with Crippen molar-refractivity contribution in [2.24, 2.45) is 0 Å². The first-order chi connectivity index (χ1) is 7.74. The number of nitrogens with zero attached hydrogens (tertiary/aromatic N) is 2. The Labute approximate surface area is 107 Å². The maximum absolute atomic E-state index is 11.6. The summed E-state index contributed by atoms with van der Waals surface area (Å²) in [6.45, 7) is 3.62. The minimum absolute atomic E-state index is 0.359. The van der Waals surface area contributed by atoms with Crippen LogP contribution in [0.2, 0.25) is 0 Å². The number of aryl methyl sites for hydroxylation is 1. The summed E-state index contributed by atoms with van der Waals surface area (Å²) >= 11 is 2.08. The minimum Gasteiger partial charge on any atom is -0.477 e. The summed E-state index contributed by atoms with van der Waals surface area (Å²) in [5.74, 6) is 0.317. The monoisotopic (exact) mass is 336 g/mol. The predicted octanol–water partition coefficient (Wildman–Crippen LogP) is 1.84. The molecule has 1 aliphatic rings. The molecule has 16 heavy (non-hydrogen) atoms. The molecule has 0 unspecified atom stereocenters. The Morgan fingerprint density at radius 1 is 1.62 bits per heavy atom. The summed E-state index contributed by atoms with van der Waals surface area (Å²) in [4.78, 5) is 11.6. The lowest BCUT2D eigenvalue weighted by atomic mass is 10.3. The van der Waals surface area contributed by atoms with Crippen LogP contribution in [0.25, 0.3) is 0 Å². The van der Waals surface area contributed by atoms with Gasteiger partial charge in [0.15, 0.2) is 5.69 Å². The van der Waals surface area contributed by atoms with E-state index in [0.29, 0.717) is 24.8 Å². The first kappa shape index (κ1) is 11.7. The molecular weight excluding hydrogens is 323 g/mol. The Bertz CT molecular complexity index is 403. The lowest BCUT2D eigenvalue weighted by Crippen LogP contribution is -2.08. The zero-order valence-corrected chi connectivity index (χ0v) is 11.2. The van der Waals surface area contributed by atoms with Gasteiger partial charge in [-0.05, 0) is 42.4 Å². The van der Waals surface area contributed by atoms with Gasteiger partial charge in [0.1, 0.15) is 3.57 Å². The highest BCUT2D eigenvalue weighted by atomic mass is 127. The van der Waals surface area contributed by atoms with Crippen molar-refractivity contribution in [3.63, 3.8) is 0 Å². The first-order valence-electron chi connectivity index (χ1n) is 5.30. The third kappa shape index (κ3) is 2.16. The van der Waals surface area contributed by atoms with Gasteiger partial charge in [0.25, 0.3) is 0 Å². The van der Waals surface area contributed by atoms with Gasteiger partial charge < -0.3 is 9.47 Å². The van der Waals surface area contributed by atoms with Crippen LogP contribution in [-0.4, -0.2) is 29.0 Å². The van der Waals surface area contributed by atoms with Gasteiger partial charge in [-0.15, -0.1) is 0 Å². The Kier molecular flexibility index (Phi) is 3.67. The number of aromatic nitrogens is 2. The van der Waals surface area contributed by atoms with Crippen LogP contribution in [0.4, 0.5) is 0 Å². The van der Waals surface area contributed by atoms with Gasteiger partial charge in [-0.2, -0.15) is 5.10 Å². The van der Waals surface area contributed by atoms with E-state index in [1.54, 1.807) is 11.6 Å². The molecule has 88 valence electrons. The SMILES string of the molecule is CCOC(=O)c1nn2c(c1I)OCCCC2. The number of rotatable bonds is 2. The van der Waals surface area contributed by atoms with Crippen LogP contribution >= 0.6 is 22.6 Å². The van der Waals surface area contributed by atoms with Crippen LogP contribution in [0.1, 0.15) is 30.3 Å². The highest BCUT2D eigenvalue weighted by Crippen LogP contribution is 2.27. The second kappa shape index (κ2) is 5.03. The molecule has 0 atom stereocenters. The van der Waals surface area contributed by atoms with Crippen LogP contribution in [0.3, 0.4) is 0 Å². The van der Waals surface area contributed by atoms with Gasteiger partial charge in [0.05, 0.1) is 13.2 Å². The van der Waals surface area contributed by atoms with Crippen LogP contribution in [-0.2, 0) is 11.3 Å². The van der Waals surface area contributed by atoms with Crippen molar-refractivity contribution >= 4 is 28.6 Å². The predicted molar refractivity (Wildman–Crippen MR) is 65.6 cm³/mol. The third-order valence-corrected chi connectivity index (χ3v) is 3.29. The van der Waals surface area contributed by atoms with Crippen molar-refractivity contribution in [1.29, 1.82) is 0 Å². The van der Waals surface area contributed by atoms with Crippen molar-refractivity contribution in [3.8, 4) is 5.88 Å². The molecule has 0 spiro atoms. The smallest absolute Gasteiger partial charge is 0.360 e. The van der Waals surface area contributed by atoms with Gasteiger partial charge in [0.2, 0.25) is 5.88 Å². The maximum Gasteiger partial charge on any atom is 0.360 e. The summed E-state index contributed by atoms with van der Waals surface area (Å²) in [6, 6.07) is 0.